The molecule has 92 valence electrons. The van der Waals surface area contributed by atoms with Gasteiger partial charge in [-0.05, 0) is 30.4 Å². The standard InChI is InChI=1S/C15H15NO2/c17-15(13-8-9-18-10-13)16-14(12-6-7-12)11-4-2-1-3-5-11/h1-5,8-10,12,14H,6-7H2,(H,16,17)/t14-/m0/s1. The quantitative estimate of drug-likeness (QED) is 0.893. The van der Waals surface area contributed by atoms with Gasteiger partial charge in [0.2, 0.25) is 0 Å². The highest BCUT2D eigenvalue weighted by Gasteiger charge is 2.33. The highest BCUT2D eigenvalue weighted by atomic mass is 16.3. The summed E-state index contributed by atoms with van der Waals surface area (Å²) in [5.74, 6) is 0.507. The molecule has 0 unspecified atom stereocenters. The molecule has 1 heterocycles. The summed E-state index contributed by atoms with van der Waals surface area (Å²) < 4.78 is 4.94. The molecule has 1 aliphatic rings. The van der Waals surface area contributed by atoms with E-state index in [1.54, 1.807) is 6.07 Å². The van der Waals surface area contributed by atoms with E-state index in [9.17, 15) is 4.79 Å². The van der Waals surface area contributed by atoms with Crippen LogP contribution in [0.5, 0.6) is 0 Å². The zero-order valence-electron chi connectivity index (χ0n) is 10.0. The molecule has 2 aromatic rings. The molecule has 1 aliphatic carbocycles. The van der Waals surface area contributed by atoms with E-state index < -0.39 is 0 Å². The predicted molar refractivity (Wildman–Crippen MR) is 68.1 cm³/mol. The molecule has 1 aromatic carbocycles. The highest BCUT2D eigenvalue weighted by Crippen LogP contribution is 2.41. The number of furan rings is 1. The van der Waals surface area contributed by atoms with Crippen molar-refractivity contribution < 1.29 is 9.21 Å². The number of carbonyl (C=O) groups excluding carboxylic acids is 1. The summed E-state index contributed by atoms with van der Waals surface area (Å²) in [5.41, 5.74) is 1.76. The Labute approximate surface area is 106 Å². The summed E-state index contributed by atoms with van der Waals surface area (Å²) in [7, 11) is 0. The molecular weight excluding hydrogens is 226 g/mol. The van der Waals surface area contributed by atoms with Gasteiger partial charge >= 0.3 is 0 Å². The molecule has 0 radical (unpaired) electrons. The van der Waals surface area contributed by atoms with E-state index in [2.05, 4.69) is 17.4 Å². The topological polar surface area (TPSA) is 42.2 Å². The van der Waals surface area contributed by atoms with Gasteiger partial charge in [-0.15, -0.1) is 0 Å². The van der Waals surface area contributed by atoms with Gasteiger partial charge in [0, 0.05) is 0 Å². The van der Waals surface area contributed by atoms with E-state index in [0.717, 1.165) is 0 Å². The molecule has 1 atom stereocenters. The van der Waals surface area contributed by atoms with Crippen LogP contribution in [0.3, 0.4) is 0 Å². The van der Waals surface area contributed by atoms with Crippen LogP contribution in [0.15, 0.2) is 53.3 Å². The first-order valence-electron chi connectivity index (χ1n) is 6.22. The number of amides is 1. The second kappa shape index (κ2) is 4.69. The average molecular weight is 241 g/mol. The lowest BCUT2D eigenvalue weighted by Crippen LogP contribution is -2.29. The number of hydrogen-bond donors (Lipinski definition) is 1. The van der Waals surface area contributed by atoms with Crippen molar-refractivity contribution in [2.75, 3.05) is 0 Å². The SMILES string of the molecule is O=C(N[C@@H](c1ccccc1)C1CC1)c1ccoc1. The van der Waals surface area contributed by atoms with E-state index in [-0.39, 0.29) is 11.9 Å². The Bertz CT molecular complexity index is 515. The lowest BCUT2D eigenvalue weighted by Gasteiger charge is -2.18. The Morgan fingerprint density at radius 2 is 2.00 bits per heavy atom. The monoisotopic (exact) mass is 241 g/mol. The maximum atomic E-state index is 12.1. The summed E-state index contributed by atoms with van der Waals surface area (Å²) in [6, 6.07) is 11.9. The molecule has 18 heavy (non-hydrogen) atoms. The minimum Gasteiger partial charge on any atom is -0.472 e. The van der Waals surface area contributed by atoms with Crippen LogP contribution in [0, 0.1) is 5.92 Å². The third-order valence-electron chi connectivity index (χ3n) is 3.32. The van der Waals surface area contributed by atoms with Gasteiger partial charge in [-0.2, -0.15) is 0 Å². The molecule has 1 fully saturated rings. The van der Waals surface area contributed by atoms with Crippen molar-refractivity contribution in [1.29, 1.82) is 0 Å². The van der Waals surface area contributed by atoms with E-state index >= 15 is 0 Å². The van der Waals surface area contributed by atoms with E-state index in [1.165, 1.54) is 30.9 Å². The fraction of sp³-hybridized carbons (Fsp3) is 0.267. The van der Waals surface area contributed by atoms with Gasteiger partial charge in [0.1, 0.15) is 6.26 Å². The summed E-state index contributed by atoms with van der Waals surface area (Å²) in [6.07, 6.45) is 5.37. The maximum Gasteiger partial charge on any atom is 0.255 e. The van der Waals surface area contributed by atoms with Crippen LogP contribution in [-0.2, 0) is 0 Å². The van der Waals surface area contributed by atoms with Crippen molar-refractivity contribution in [2.24, 2.45) is 5.92 Å². The Morgan fingerprint density at radius 1 is 1.22 bits per heavy atom. The number of hydrogen-bond acceptors (Lipinski definition) is 2. The lowest BCUT2D eigenvalue weighted by atomic mass is 10.0. The third-order valence-corrected chi connectivity index (χ3v) is 3.32. The van der Waals surface area contributed by atoms with Gasteiger partial charge in [-0.3, -0.25) is 4.79 Å². The van der Waals surface area contributed by atoms with E-state index in [0.29, 0.717) is 11.5 Å². The summed E-state index contributed by atoms with van der Waals surface area (Å²) >= 11 is 0. The van der Waals surface area contributed by atoms with Crippen molar-refractivity contribution in [3.8, 4) is 0 Å². The van der Waals surface area contributed by atoms with Crippen LogP contribution in [0.25, 0.3) is 0 Å². The minimum absolute atomic E-state index is 0.0653. The van der Waals surface area contributed by atoms with E-state index in [1.807, 2.05) is 18.2 Å². The minimum atomic E-state index is -0.0653. The predicted octanol–water partition coefficient (Wildman–Crippen LogP) is 3.16. The van der Waals surface area contributed by atoms with Gasteiger partial charge < -0.3 is 9.73 Å². The smallest absolute Gasteiger partial charge is 0.255 e. The first kappa shape index (κ1) is 11.1. The number of nitrogens with one attached hydrogen (secondary N) is 1. The van der Waals surface area contributed by atoms with Crippen LogP contribution in [0.1, 0.15) is 34.8 Å². The first-order chi connectivity index (χ1) is 8.84. The van der Waals surface area contributed by atoms with Crippen LogP contribution in [-0.4, -0.2) is 5.91 Å². The molecule has 1 amide bonds. The largest absolute Gasteiger partial charge is 0.472 e. The number of benzene rings is 1. The van der Waals surface area contributed by atoms with Crippen molar-refractivity contribution in [3.05, 3.63) is 60.1 Å². The zero-order valence-corrected chi connectivity index (χ0v) is 10.0. The molecule has 3 nitrogen and oxygen atoms in total. The summed E-state index contributed by atoms with van der Waals surface area (Å²) in [6.45, 7) is 0. The molecule has 1 aromatic heterocycles. The fourth-order valence-corrected chi connectivity index (χ4v) is 2.18. The second-order valence-electron chi connectivity index (χ2n) is 4.71. The van der Waals surface area contributed by atoms with Gasteiger partial charge in [0.15, 0.2) is 0 Å². The summed E-state index contributed by atoms with van der Waals surface area (Å²) in [5, 5.41) is 3.10. The first-order valence-corrected chi connectivity index (χ1v) is 6.22. The molecule has 0 spiro atoms. The van der Waals surface area contributed by atoms with Crippen molar-refractivity contribution >= 4 is 5.91 Å². The van der Waals surface area contributed by atoms with Crippen LogP contribution < -0.4 is 5.32 Å². The molecule has 3 rings (SSSR count). The Kier molecular flexibility index (Phi) is 2.89. The molecule has 0 bridgehead atoms. The highest BCUT2D eigenvalue weighted by molar-refractivity contribution is 5.94. The number of rotatable bonds is 4. The van der Waals surface area contributed by atoms with Crippen molar-refractivity contribution in [2.45, 2.75) is 18.9 Å². The molecule has 1 saturated carbocycles. The maximum absolute atomic E-state index is 12.1. The Hall–Kier alpha value is -2.03. The van der Waals surface area contributed by atoms with Crippen LogP contribution >= 0.6 is 0 Å². The third kappa shape index (κ3) is 2.30. The Morgan fingerprint density at radius 3 is 2.61 bits per heavy atom. The van der Waals surface area contributed by atoms with E-state index in [4.69, 9.17) is 4.42 Å². The molecule has 3 heteroatoms. The zero-order chi connectivity index (χ0) is 12.4. The molecular formula is C15H15NO2. The summed E-state index contributed by atoms with van der Waals surface area (Å²) in [4.78, 5) is 12.1. The van der Waals surface area contributed by atoms with Crippen molar-refractivity contribution in [3.63, 3.8) is 0 Å². The van der Waals surface area contributed by atoms with Gasteiger partial charge in [0.05, 0.1) is 17.9 Å². The van der Waals surface area contributed by atoms with Crippen LogP contribution in [0.2, 0.25) is 0 Å². The lowest BCUT2D eigenvalue weighted by molar-refractivity contribution is 0.0931. The van der Waals surface area contributed by atoms with Crippen molar-refractivity contribution in [1.82, 2.24) is 5.32 Å². The molecule has 1 N–H and O–H groups in total. The molecule has 0 saturated heterocycles. The van der Waals surface area contributed by atoms with Gasteiger partial charge in [-0.1, -0.05) is 30.3 Å². The number of carbonyl (C=O) groups is 1. The molecule has 0 aliphatic heterocycles. The fourth-order valence-electron chi connectivity index (χ4n) is 2.18. The normalized spacial score (nSPS) is 16.2. The van der Waals surface area contributed by atoms with Gasteiger partial charge in [0.25, 0.3) is 5.91 Å². The Balaban J connectivity index is 1.77. The van der Waals surface area contributed by atoms with Gasteiger partial charge in [-0.25, -0.2) is 0 Å². The second-order valence-corrected chi connectivity index (χ2v) is 4.71. The van der Waals surface area contributed by atoms with Crippen LogP contribution in [0.4, 0.5) is 0 Å². The average Bonchev–Trinajstić information content (AvgIpc) is 3.10.